The van der Waals surface area contributed by atoms with Crippen molar-refractivity contribution >= 4 is 76.5 Å². The van der Waals surface area contributed by atoms with Crippen LogP contribution >= 0.6 is 34.8 Å². The molecule has 20 heteroatoms. The van der Waals surface area contributed by atoms with Crippen LogP contribution in [0.4, 0.5) is 0 Å². The summed E-state index contributed by atoms with van der Waals surface area (Å²) in [7, 11) is 0. The Labute approximate surface area is 364 Å². The molecule has 61 heavy (non-hydrogen) atoms. The summed E-state index contributed by atoms with van der Waals surface area (Å²) in [6, 6.07) is 23.3. The third-order valence-electron chi connectivity index (χ3n) is 8.91. The molecule has 0 bridgehead atoms. The first-order valence-corrected chi connectivity index (χ1v) is 19.6. The highest BCUT2D eigenvalue weighted by Crippen LogP contribution is 2.37. The van der Waals surface area contributed by atoms with Crippen LogP contribution in [0.25, 0.3) is 0 Å². The maximum absolute atomic E-state index is 13.9. The Morgan fingerprint density at radius 1 is 0.541 bits per heavy atom. The quantitative estimate of drug-likeness (QED) is 0.0756. The van der Waals surface area contributed by atoms with Gasteiger partial charge in [0.1, 0.15) is 12.7 Å². The molecule has 326 valence electrons. The molecule has 0 amide bonds. The number of carbonyl (C=O) groups is 6. The van der Waals surface area contributed by atoms with Crippen LogP contribution in [-0.2, 0) is 61.8 Å². The molecule has 1 N–H and O–H groups in total. The maximum Gasteiger partial charge on any atom is 0.338 e. The van der Waals surface area contributed by atoms with Gasteiger partial charge in [-0.05, 0) is 43.3 Å². The minimum Gasteiger partial charge on any atom is -0.463 e. The summed E-state index contributed by atoms with van der Waals surface area (Å²) in [6.45, 7) is 3.99. The van der Waals surface area contributed by atoms with Crippen molar-refractivity contribution in [1.82, 2.24) is 0 Å². The van der Waals surface area contributed by atoms with Crippen LogP contribution in [0.5, 0.6) is 0 Å². The fraction of sp³-hybridized carbons (Fsp3) is 0.390. The topological polar surface area (TPSA) is 219 Å². The van der Waals surface area contributed by atoms with Crippen LogP contribution in [-0.4, -0.2) is 114 Å². The van der Waals surface area contributed by atoms with E-state index >= 15 is 0 Å². The monoisotopic (exact) mass is 907 g/mol. The minimum absolute atomic E-state index is 0.0326. The molecule has 17 nitrogen and oxygen atoms in total. The molecule has 3 aromatic rings. The van der Waals surface area contributed by atoms with Gasteiger partial charge in [0.25, 0.3) is 3.79 Å². The smallest absolute Gasteiger partial charge is 0.338 e. The van der Waals surface area contributed by atoms with Crippen molar-refractivity contribution in [1.29, 1.82) is 5.41 Å². The number of nitrogens with one attached hydrogen (secondary N) is 1. The van der Waals surface area contributed by atoms with Crippen molar-refractivity contribution < 1.29 is 76.1 Å². The number of carbonyl (C=O) groups excluding carboxylic acids is 6. The number of esters is 6. The first-order valence-electron chi connectivity index (χ1n) is 18.5. The molecule has 2 saturated heterocycles. The van der Waals surface area contributed by atoms with E-state index in [4.69, 9.17) is 87.6 Å². The Bertz CT molecular complexity index is 2040. The van der Waals surface area contributed by atoms with Crippen molar-refractivity contribution in [2.45, 2.75) is 92.9 Å². The van der Waals surface area contributed by atoms with E-state index in [1.54, 1.807) is 54.6 Å². The van der Waals surface area contributed by atoms with Gasteiger partial charge in [-0.15, -0.1) is 0 Å². The van der Waals surface area contributed by atoms with Crippen LogP contribution < -0.4 is 0 Å². The van der Waals surface area contributed by atoms with Crippen LogP contribution in [0.15, 0.2) is 91.0 Å². The van der Waals surface area contributed by atoms with Crippen LogP contribution in [0.3, 0.4) is 0 Å². The molecule has 0 saturated carbocycles. The van der Waals surface area contributed by atoms with Crippen molar-refractivity contribution in [3.8, 4) is 0 Å². The summed E-state index contributed by atoms with van der Waals surface area (Å²) >= 11 is 17.9. The van der Waals surface area contributed by atoms with Crippen molar-refractivity contribution in [2.75, 3.05) is 6.61 Å². The molecular weight excluding hydrogens is 869 g/mol. The summed E-state index contributed by atoms with van der Waals surface area (Å²) in [5.41, 5.74) is 0.224. The maximum atomic E-state index is 13.9. The molecule has 2 aliphatic heterocycles. The van der Waals surface area contributed by atoms with Gasteiger partial charge in [-0.3, -0.25) is 19.8 Å². The third-order valence-corrected chi connectivity index (χ3v) is 9.43. The first-order chi connectivity index (χ1) is 28.9. The minimum atomic E-state index is -2.50. The molecule has 0 radical (unpaired) electrons. The highest BCUT2D eigenvalue weighted by atomic mass is 35.6. The molecule has 2 aliphatic rings. The predicted molar refractivity (Wildman–Crippen MR) is 212 cm³/mol. The van der Waals surface area contributed by atoms with Gasteiger partial charge in [0.15, 0.2) is 42.9 Å². The standard InChI is InChI=1S/C41H40Cl3NO16/c1-21-29(57-35(49)25-14-8-5-9-15-25)31(58-36(50)26-16-10-6-11-17-26)33(59-37(51)27-18-12-7-13-19-27)38(53-21)60-34-32(55-24(4)48)30(54-23(3)47)28(20-52-22(2)46)56-39(34)61-40(45)41(42,43)44/h5-19,21,28-34,38-39,45H,20H2,1-4H3/t21-,28+,29+,30-,31+,32-,33-,34+,38-,39-/m0/s1. The number of alkyl halides is 3. The Morgan fingerprint density at radius 3 is 1.41 bits per heavy atom. The lowest BCUT2D eigenvalue weighted by Crippen LogP contribution is -2.67. The van der Waals surface area contributed by atoms with Crippen molar-refractivity contribution in [3.05, 3.63) is 108 Å². The van der Waals surface area contributed by atoms with Gasteiger partial charge in [0, 0.05) is 20.8 Å². The molecule has 0 aromatic heterocycles. The zero-order valence-corrected chi connectivity index (χ0v) is 35.1. The SMILES string of the molecule is CC(=O)OC[C@H]1O[C@@H](OC(=N)C(Cl)(Cl)Cl)[C@H](O[C@@H]2O[C@@H](C)[C@@H](OC(=O)c3ccccc3)[C@@H](OC(=O)c3ccccc3)[C@@H]2OC(=O)c2ccccc2)[C@@H](OC(C)=O)[C@H]1OC(C)=O. The Balaban J connectivity index is 1.64. The number of benzene rings is 3. The van der Waals surface area contributed by atoms with E-state index in [1.807, 2.05) is 0 Å². The van der Waals surface area contributed by atoms with E-state index < -0.39 is 114 Å². The Kier molecular flexibility index (Phi) is 16.1. The van der Waals surface area contributed by atoms with Crippen molar-refractivity contribution in [3.63, 3.8) is 0 Å². The average molecular weight is 909 g/mol. The second-order valence-electron chi connectivity index (χ2n) is 13.5. The zero-order valence-electron chi connectivity index (χ0n) is 32.8. The molecule has 0 aliphatic carbocycles. The van der Waals surface area contributed by atoms with E-state index in [9.17, 15) is 28.8 Å². The average Bonchev–Trinajstić information content (AvgIpc) is 3.21. The lowest BCUT2D eigenvalue weighted by Gasteiger charge is -2.48. The fourth-order valence-electron chi connectivity index (χ4n) is 6.25. The fourth-order valence-corrected chi connectivity index (χ4v) is 6.38. The van der Waals surface area contributed by atoms with Crippen LogP contribution in [0.2, 0.25) is 0 Å². The van der Waals surface area contributed by atoms with Gasteiger partial charge in [-0.25, -0.2) is 14.4 Å². The van der Waals surface area contributed by atoms with Gasteiger partial charge in [0.2, 0.25) is 12.2 Å². The summed E-state index contributed by atoms with van der Waals surface area (Å²) < 4.78 is 56.2. The summed E-state index contributed by atoms with van der Waals surface area (Å²) in [5, 5.41) is 8.37. The Morgan fingerprint density at radius 2 is 0.967 bits per heavy atom. The molecule has 10 atom stereocenters. The highest BCUT2D eigenvalue weighted by molar-refractivity contribution is 6.76. The summed E-state index contributed by atoms with van der Waals surface area (Å²) in [6.07, 6.45) is -16.8. The highest BCUT2D eigenvalue weighted by Gasteiger charge is 2.58. The number of hydrogen-bond acceptors (Lipinski definition) is 17. The first kappa shape index (κ1) is 46.8. The van der Waals surface area contributed by atoms with Gasteiger partial charge in [0.05, 0.1) is 22.8 Å². The third kappa shape index (κ3) is 12.6. The van der Waals surface area contributed by atoms with Gasteiger partial charge < -0.3 is 47.4 Å². The van der Waals surface area contributed by atoms with E-state index in [-0.39, 0.29) is 16.7 Å². The zero-order chi connectivity index (χ0) is 44.4. The molecule has 0 unspecified atom stereocenters. The van der Waals surface area contributed by atoms with E-state index in [0.29, 0.717) is 0 Å². The number of rotatable bonds is 13. The van der Waals surface area contributed by atoms with Gasteiger partial charge in [-0.2, -0.15) is 0 Å². The van der Waals surface area contributed by atoms with E-state index in [1.165, 1.54) is 43.3 Å². The molecule has 5 rings (SSSR count). The molecule has 0 spiro atoms. The predicted octanol–water partition coefficient (Wildman–Crippen LogP) is 5.31. The number of halogens is 3. The van der Waals surface area contributed by atoms with E-state index in [2.05, 4.69) is 0 Å². The lowest BCUT2D eigenvalue weighted by molar-refractivity contribution is -0.355. The van der Waals surface area contributed by atoms with Crippen LogP contribution in [0, 0.1) is 5.41 Å². The second-order valence-corrected chi connectivity index (χ2v) is 15.7. The molecular formula is C41H40Cl3NO16. The van der Waals surface area contributed by atoms with Crippen LogP contribution in [0.1, 0.15) is 58.8 Å². The number of ether oxygens (including phenoxy) is 10. The van der Waals surface area contributed by atoms with Gasteiger partial charge >= 0.3 is 35.8 Å². The summed E-state index contributed by atoms with van der Waals surface area (Å²) in [5.74, 6) is -6.42. The Hall–Kier alpha value is -5.30. The molecule has 2 fully saturated rings. The number of hydrogen-bond donors (Lipinski definition) is 1. The molecule has 2 heterocycles. The van der Waals surface area contributed by atoms with Gasteiger partial charge in [-0.1, -0.05) is 89.4 Å². The second kappa shape index (κ2) is 21.0. The van der Waals surface area contributed by atoms with Crippen molar-refractivity contribution in [2.24, 2.45) is 0 Å². The molecule has 3 aromatic carbocycles. The summed E-state index contributed by atoms with van der Waals surface area (Å²) in [4.78, 5) is 78.4. The normalized spacial score (nSPS) is 26.1. The largest absolute Gasteiger partial charge is 0.463 e. The lowest BCUT2D eigenvalue weighted by atomic mass is 9.96. The van der Waals surface area contributed by atoms with E-state index in [0.717, 1.165) is 20.8 Å².